The maximum absolute atomic E-state index is 11.2. The number of ether oxygens (including phenoxy) is 1. The summed E-state index contributed by atoms with van der Waals surface area (Å²) in [6.07, 6.45) is 20.2. The summed E-state index contributed by atoms with van der Waals surface area (Å²) in [7, 11) is 0. The van der Waals surface area contributed by atoms with Crippen LogP contribution in [0.2, 0.25) is 0 Å². The molecule has 0 radical (unpaired) electrons. The Kier molecular flexibility index (Phi) is 17.5. The highest BCUT2D eigenvalue weighted by atomic mass is 16.5. The zero-order valence-electron chi connectivity index (χ0n) is 17.0. The van der Waals surface area contributed by atoms with E-state index in [0.717, 1.165) is 51.4 Å². The molecule has 26 heavy (non-hydrogen) atoms. The topological polar surface area (TPSA) is 63.6 Å². The van der Waals surface area contributed by atoms with Gasteiger partial charge in [0.15, 0.2) is 0 Å². The van der Waals surface area contributed by atoms with E-state index in [2.05, 4.69) is 19.1 Å². The van der Waals surface area contributed by atoms with E-state index in [4.69, 9.17) is 9.84 Å². The fourth-order valence-electron chi connectivity index (χ4n) is 3.03. The number of carboxylic acid groups (broad SMARTS) is 1. The fraction of sp³-hybridized carbons (Fsp3) is 0.818. The minimum atomic E-state index is -0.707. The number of esters is 1. The van der Waals surface area contributed by atoms with Crippen LogP contribution < -0.4 is 0 Å². The molecule has 1 unspecified atom stereocenters. The lowest BCUT2D eigenvalue weighted by atomic mass is 10.0. The lowest BCUT2D eigenvalue weighted by molar-refractivity contribution is -0.144. The summed E-state index contributed by atoms with van der Waals surface area (Å²) in [5.41, 5.74) is 0. The molecule has 4 heteroatoms. The van der Waals surface area contributed by atoms with Crippen LogP contribution in [-0.4, -0.2) is 23.1 Å². The molecule has 1 N–H and O–H groups in total. The summed E-state index contributed by atoms with van der Waals surface area (Å²) in [4.78, 5) is 21.7. The van der Waals surface area contributed by atoms with E-state index >= 15 is 0 Å². The van der Waals surface area contributed by atoms with Crippen molar-refractivity contribution in [3.8, 4) is 0 Å². The predicted molar refractivity (Wildman–Crippen MR) is 107 cm³/mol. The van der Waals surface area contributed by atoms with Crippen molar-refractivity contribution in [1.29, 1.82) is 0 Å². The Labute approximate surface area is 160 Å². The first-order valence-electron chi connectivity index (χ1n) is 10.6. The van der Waals surface area contributed by atoms with Gasteiger partial charge in [-0.2, -0.15) is 0 Å². The molecule has 0 aliphatic rings. The maximum atomic E-state index is 11.2. The summed E-state index contributed by atoms with van der Waals surface area (Å²) in [5, 5.41) is 8.59. The second kappa shape index (κ2) is 18.5. The number of rotatable bonds is 18. The number of carbonyl (C=O) groups excluding carboxylic acids is 1. The summed E-state index contributed by atoms with van der Waals surface area (Å²) >= 11 is 0. The molecule has 0 spiro atoms. The molecule has 0 bridgehead atoms. The van der Waals surface area contributed by atoms with Gasteiger partial charge in [0.05, 0.1) is 0 Å². The normalized spacial score (nSPS) is 12.4. The van der Waals surface area contributed by atoms with Crippen LogP contribution in [0.3, 0.4) is 0 Å². The second-order valence-corrected chi connectivity index (χ2v) is 7.19. The number of unbranched alkanes of at least 4 members (excludes halogenated alkanes) is 11. The molecule has 4 nitrogen and oxygen atoms in total. The number of aliphatic carboxylic acids is 1. The molecule has 0 amide bonds. The zero-order valence-corrected chi connectivity index (χ0v) is 17.0. The first-order chi connectivity index (χ1) is 12.6. The minimum Gasteiger partial charge on any atom is -0.481 e. The van der Waals surface area contributed by atoms with Crippen molar-refractivity contribution in [2.24, 2.45) is 0 Å². The summed E-state index contributed by atoms with van der Waals surface area (Å²) in [6.45, 7) is 3.70. The molecule has 0 aromatic rings. The Morgan fingerprint density at radius 3 is 2.08 bits per heavy atom. The molecule has 0 fully saturated rings. The van der Waals surface area contributed by atoms with Gasteiger partial charge in [0.1, 0.15) is 6.10 Å². The fourth-order valence-corrected chi connectivity index (χ4v) is 3.03. The van der Waals surface area contributed by atoms with E-state index in [-0.39, 0.29) is 18.5 Å². The number of carboxylic acids is 1. The van der Waals surface area contributed by atoms with Crippen molar-refractivity contribution in [3.63, 3.8) is 0 Å². The van der Waals surface area contributed by atoms with Gasteiger partial charge in [-0.3, -0.25) is 9.59 Å². The van der Waals surface area contributed by atoms with Crippen LogP contribution in [0.15, 0.2) is 12.2 Å². The largest absolute Gasteiger partial charge is 0.481 e. The third-order valence-electron chi connectivity index (χ3n) is 4.52. The molecule has 0 aliphatic carbocycles. The molecule has 0 aromatic carbocycles. The summed E-state index contributed by atoms with van der Waals surface area (Å²) in [6, 6.07) is 0. The van der Waals surface area contributed by atoms with E-state index < -0.39 is 5.97 Å². The first-order valence-corrected chi connectivity index (χ1v) is 10.6. The van der Waals surface area contributed by atoms with Crippen molar-refractivity contribution >= 4 is 11.9 Å². The SMILES string of the molecule is CCCCCCCC/C=C\C(CCCCCCCCC(=O)O)OC(C)=O. The van der Waals surface area contributed by atoms with Crippen LogP contribution in [-0.2, 0) is 14.3 Å². The predicted octanol–water partition coefficient (Wildman–Crippen LogP) is 6.43. The van der Waals surface area contributed by atoms with Crippen molar-refractivity contribution in [2.45, 2.75) is 116 Å². The van der Waals surface area contributed by atoms with Crippen LogP contribution in [0, 0.1) is 0 Å². The van der Waals surface area contributed by atoms with Crippen LogP contribution in [0.25, 0.3) is 0 Å². The van der Waals surface area contributed by atoms with Crippen molar-refractivity contribution < 1.29 is 19.4 Å². The highest BCUT2D eigenvalue weighted by molar-refractivity contribution is 5.66. The highest BCUT2D eigenvalue weighted by Gasteiger charge is 2.07. The third kappa shape index (κ3) is 19.0. The lowest BCUT2D eigenvalue weighted by Gasteiger charge is -2.13. The number of allylic oxidation sites excluding steroid dienone is 1. The monoisotopic (exact) mass is 368 g/mol. The molecule has 1 atom stereocenters. The Morgan fingerprint density at radius 1 is 0.885 bits per heavy atom. The smallest absolute Gasteiger partial charge is 0.303 e. The van der Waals surface area contributed by atoms with Crippen molar-refractivity contribution in [3.05, 3.63) is 12.2 Å². The van der Waals surface area contributed by atoms with Gasteiger partial charge in [-0.15, -0.1) is 0 Å². The molecular formula is C22H40O4. The Balaban J connectivity index is 3.76. The van der Waals surface area contributed by atoms with Gasteiger partial charge in [0, 0.05) is 13.3 Å². The lowest BCUT2D eigenvalue weighted by Crippen LogP contribution is -2.13. The molecule has 0 saturated heterocycles. The second-order valence-electron chi connectivity index (χ2n) is 7.19. The zero-order chi connectivity index (χ0) is 19.5. The van der Waals surface area contributed by atoms with Gasteiger partial charge in [0.25, 0.3) is 0 Å². The molecule has 0 rings (SSSR count). The maximum Gasteiger partial charge on any atom is 0.303 e. The van der Waals surface area contributed by atoms with E-state index in [1.54, 1.807) is 0 Å². The highest BCUT2D eigenvalue weighted by Crippen LogP contribution is 2.13. The molecule has 0 heterocycles. The van der Waals surface area contributed by atoms with Crippen molar-refractivity contribution in [2.75, 3.05) is 0 Å². The summed E-state index contributed by atoms with van der Waals surface area (Å²) in [5.74, 6) is -0.921. The Hall–Kier alpha value is -1.32. The molecule has 152 valence electrons. The van der Waals surface area contributed by atoms with Gasteiger partial charge in [-0.1, -0.05) is 70.8 Å². The molecule has 0 saturated carbocycles. The summed E-state index contributed by atoms with van der Waals surface area (Å²) < 4.78 is 5.39. The van der Waals surface area contributed by atoms with E-state index in [1.807, 2.05) is 0 Å². The van der Waals surface area contributed by atoms with E-state index in [9.17, 15) is 9.59 Å². The quantitative estimate of drug-likeness (QED) is 0.172. The van der Waals surface area contributed by atoms with Crippen molar-refractivity contribution in [1.82, 2.24) is 0 Å². The number of carbonyl (C=O) groups is 2. The molecule has 0 aromatic heterocycles. The van der Waals surface area contributed by atoms with E-state index in [0.29, 0.717) is 0 Å². The van der Waals surface area contributed by atoms with Crippen LogP contribution in [0.1, 0.15) is 110 Å². The van der Waals surface area contributed by atoms with Gasteiger partial charge in [-0.25, -0.2) is 0 Å². The Morgan fingerprint density at radius 2 is 1.46 bits per heavy atom. The van der Waals surface area contributed by atoms with Gasteiger partial charge in [-0.05, 0) is 38.2 Å². The minimum absolute atomic E-state index is 0.0976. The van der Waals surface area contributed by atoms with Crippen LogP contribution >= 0.6 is 0 Å². The standard InChI is InChI=1S/C22H40O4/c1-3-4-5-6-7-8-11-14-17-21(26-20(2)23)18-15-12-9-10-13-16-19-22(24)25/h14,17,21H,3-13,15-16,18-19H2,1-2H3,(H,24,25)/b17-14-. The molecular weight excluding hydrogens is 328 g/mol. The third-order valence-corrected chi connectivity index (χ3v) is 4.52. The Bertz CT molecular complexity index is 376. The number of hydrogen-bond acceptors (Lipinski definition) is 3. The van der Waals surface area contributed by atoms with Crippen LogP contribution in [0.4, 0.5) is 0 Å². The van der Waals surface area contributed by atoms with E-state index in [1.165, 1.54) is 45.4 Å². The van der Waals surface area contributed by atoms with Gasteiger partial charge >= 0.3 is 11.9 Å². The molecule has 0 aliphatic heterocycles. The van der Waals surface area contributed by atoms with Gasteiger partial charge < -0.3 is 9.84 Å². The average Bonchev–Trinajstić information content (AvgIpc) is 2.58. The number of hydrogen-bond donors (Lipinski definition) is 1. The van der Waals surface area contributed by atoms with Gasteiger partial charge in [0.2, 0.25) is 0 Å². The first kappa shape index (κ1) is 24.7. The van der Waals surface area contributed by atoms with Crippen LogP contribution in [0.5, 0.6) is 0 Å². The average molecular weight is 369 g/mol.